The second-order valence-corrected chi connectivity index (χ2v) is 5.16. The number of anilines is 1. The number of benzene rings is 1. The van der Waals surface area contributed by atoms with Gasteiger partial charge < -0.3 is 15.0 Å². The molecule has 1 fully saturated rings. The minimum atomic E-state index is -0.257. The molecule has 0 spiro atoms. The molecule has 2 heterocycles. The fourth-order valence-corrected chi connectivity index (χ4v) is 2.92. The van der Waals surface area contributed by atoms with Gasteiger partial charge in [0.25, 0.3) is 0 Å². The van der Waals surface area contributed by atoms with Crippen molar-refractivity contribution >= 4 is 17.0 Å². The van der Waals surface area contributed by atoms with Crippen molar-refractivity contribution in [2.75, 3.05) is 18.9 Å². The Labute approximate surface area is 111 Å². The number of ether oxygens (including phenoxy) is 1. The van der Waals surface area contributed by atoms with Crippen LogP contribution in [-0.4, -0.2) is 22.8 Å². The SMILES string of the molecule is CC(C1CCOCC1)n1c(N)nc2ccc(F)cc21. The summed E-state index contributed by atoms with van der Waals surface area (Å²) in [4.78, 5) is 4.31. The van der Waals surface area contributed by atoms with Gasteiger partial charge in [0.05, 0.1) is 11.0 Å². The van der Waals surface area contributed by atoms with E-state index >= 15 is 0 Å². The lowest BCUT2D eigenvalue weighted by Gasteiger charge is -2.29. The van der Waals surface area contributed by atoms with Gasteiger partial charge in [-0.05, 0) is 43.9 Å². The Morgan fingerprint density at radius 3 is 2.89 bits per heavy atom. The van der Waals surface area contributed by atoms with Crippen LogP contribution in [0, 0.1) is 11.7 Å². The third-order valence-corrected chi connectivity index (χ3v) is 4.03. The summed E-state index contributed by atoms with van der Waals surface area (Å²) in [5.41, 5.74) is 7.53. The highest BCUT2D eigenvalue weighted by molar-refractivity contribution is 5.78. The molecule has 1 aliphatic rings. The molecule has 102 valence electrons. The smallest absolute Gasteiger partial charge is 0.201 e. The van der Waals surface area contributed by atoms with Crippen molar-refractivity contribution in [1.29, 1.82) is 0 Å². The fraction of sp³-hybridized carbons (Fsp3) is 0.500. The number of nitrogens with zero attached hydrogens (tertiary/aromatic N) is 2. The first kappa shape index (κ1) is 12.4. The average molecular weight is 263 g/mol. The maximum atomic E-state index is 13.4. The van der Waals surface area contributed by atoms with Crippen LogP contribution in [0.5, 0.6) is 0 Å². The maximum absolute atomic E-state index is 13.4. The first-order valence-electron chi connectivity index (χ1n) is 6.67. The summed E-state index contributed by atoms with van der Waals surface area (Å²) in [6, 6.07) is 4.80. The van der Waals surface area contributed by atoms with Crippen molar-refractivity contribution in [3.8, 4) is 0 Å². The summed E-state index contributed by atoms with van der Waals surface area (Å²) in [5.74, 6) is 0.698. The Morgan fingerprint density at radius 2 is 2.16 bits per heavy atom. The molecule has 1 aromatic heterocycles. The van der Waals surface area contributed by atoms with Gasteiger partial charge in [-0.1, -0.05) is 0 Å². The van der Waals surface area contributed by atoms with Crippen molar-refractivity contribution in [3.63, 3.8) is 0 Å². The monoisotopic (exact) mass is 263 g/mol. The molecular weight excluding hydrogens is 245 g/mol. The fourth-order valence-electron chi connectivity index (χ4n) is 2.92. The molecule has 0 radical (unpaired) electrons. The largest absolute Gasteiger partial charge is 0.381 e. The Hall–Kier alpha value is -1.62. The van der Waals surface area contributed by atoms with E-state index in [4.69, 9.17) is 10.5 Å². The van der Waals surface area contributed by atoms with E-state index in [0.717, 1.165) is 37.1 Å². The van der Waals surface area contributed by atoms with Gasteiger partial charge in [0.2, 0.25) is 5.95 Å². The first-order chi connectivity index (χ1) is 9.16. The van der Waals surface area contributed by atoms with Crippen LogP contribution in [0.1, 0.15) is 25.8 Å². The highest BCUT2D eigenvalue weighted by Crippen LogP contribution is 2.32. The summed E-state index contributed by atoms with van der Waals surface area (Å²) in [7, 11) is 0. The summed E-state index contributed by atoms with van der Waals surface area (Å²) >= 11 is 0. The van der Waals surface area contributed by atoms with E-state index in [-0.39, 0.29) is 11.9 Å². The second kappa shape index (κ2) is 4.81. The van der Waals surface area contributed by atoms with Crippen molar-refractivity contribution in [3.05, 3.63) is 24.0 Å². The van der Waals surface area contributed by atoms with Crippen LogP contribution in [0.25, 0.3) is 11.0 Å². The molecular formula is C14H18FN3O. The third kappa shape index (κ3) is 2.18. The van der Waals surface area contributed by atoms with Gasteiger partial charge in [-0.2, -0.15) is 0 Å². The van der Waals surface area contributed by atoms with E-state index in [2.05, 4.69) is 11.9 Å². The van der Waals surface area contributed by atoms with Crippen molar-refractivity contribution in [2.45, 2.75) is 25.8 Å². The van der Waals surface area contributed by atoms with Crippen molar-refractivity contribution < 1.29 is 9.13 Å². The molecule has 2 N–H and O–H groups in total. The zero-order valence-corrected chi connectivity index (χ0v) is 11.0. The van der Waals surface area contributed by atoms with Crippen molar-refractivity contribution in [1.82, 2.24) is 9.55 Å². The lowest BCUT2D eigenvalue weighted by atomic mass is 9.92. The lowest BCUT2D eigenvalue weighted by molar-refractivity contribution is 0.0521. The molecule has 0 aliphatic carbocycles. The van der Waals surface area contributed by atoms with Gasteiger partial charge in [-0.15, -0.1) is 0 Å². The van der Waals surface area contributed by atoms with E-state index in [0.29, 0.717) is 11.9 Å². The molecule has 2 aromatic rings. The summed E-state index contributed by atoms with van der Waals surface area (Å²) in [6.45, 7) is 3.70. The molecule has 0 bridgehead atoms. The number of imidazole rings is 1. The molecule has 4 nitrogen and oxygen atoms in total. The third-order valence-electron chi connectivity index (χ3n) is 4.03. The molecule has 1 aromatic carbocycles. The Bertz CT molecular complexity index is 590. The van der Waals surface area contributed by atoms with Gasteiger partial charge in [0.15, 0.2) is 0 Å². The van der Waals surface area contributed by atoms with Gasteiger partial charge in [0.1, 0.15) is 5.82 Å². The molecule has 1 aliphatic heterocycles. The van der Waals surface area contributed by atoms with E-state index < -0.39 is 0 Å². The normalized spacial score (nSPS) is 18.8. The Balaban J connectivity index is 2.02. The summed E-state index contributed by atoms with van der Waals surface area (Å²) in [6.07, 6.45) is 2.02. The van der Waals surface area contributed by atoms with E-state index in [1.54, 1.807) is 6.07 Å². The van der Waals surface area contributed by atoms with Crippen LogP contribution in [0.4, 0.5) is 10.3 Å². The minimum Gasteiger partial charge on any atom is -0.381 e. The summed E-state index contributed by atoms with van der Waals surface area (Å²) in [5, 5.41) is 0. The molecule has 1 atom stereocenters. The zero-order chi connectivity index (χ0) is 13.4. The number of hydrogen-bond acceptors (Lipinski definition) is 3. The van der Waals surface area contributed by atoms with E-state index in [1.807, 2.05) is 4.57 Å². The maximum Gasteiger partial charge on any atom is 0.201 e. The number of fused-ring (bicyclic) bond motifs is 1. The Morgan fingerprint density at radius 1 is 1.42 bits per heavy atom. The van der Waals surface area contributed by atoms with Gasteiger partial charge in [-0.3, -0.25) is 0 Å². The zero-order valence-electron chi connectivity index (χ0n) is 11.0. The number of rotatable bonds is 2. The molecule has 3 rings (SSSR count). The first-order valence-corrected chi connectivity index (χ1v) is 6.67. The molecule has 1 unspecified atom stereocenters. The number of hydrogen-bond donors (Lipinski definition) is 1. The highest BCUT2D eigenvalue weighted by atomic mass is 19.1. The molecule has 19 heavy (non-hydrogen) atoms. The quantitative estimate of drug-likeness (QED) is 0.906. The molecule has 0 saturated carbocycles. The average Bonchev–Trinajstić information content (AvgIpc) is 2.74. The van der Waals surface area contributed by atoms with E-state index in [1.165, 1.54) is 12.1 Å². The van der Waals surface area contributed by atoms with Crippen LogP contribution < -0.4 is 5.73 Å². The highest BCUT2D eigenvalue weighted by Gasteiger charge is 2.24. The number of nitrogen functional groups attached to an aromatic ring is 1. The number of halogens is 1. The predicted octanol–water partition coefficient (Wildman–Crippen LogP) is 2.75. The van der Waals surface area contributed by atoms with E-state index in [9.17, 15) is 4.39 Å². The van der Waals surface area contributed by atoms with Crippen LogP contribution in [0.15, 0.2) is 18.2 Å². The number of aromatic nitrogens is 2. The molecule has 5 heteroatoms. The second-order valence-electron chi connectivity index (χ2n) is 5.16. The van der Waals surface area contributed by atoms with Crippen LogP contribution >= 0.6 is 0 Å². The molecule has 1 saturated heterocycles. The topological polar surface area (TPSA) is 53.1 Å². The predicted molar refractivity (Wildman–Crippen MR) is 72.4 cm³/mol. The minimum absolute atomic E-state index is 0.204. The van der Waals surface area contributed by atoms with Crippen LogP contribution in [0.3, 0.4) is 0 Å². The van der Waals surface area contributed by atoms with Gasteiger partial charge in [-0.25, -0.2) is 9.37 Å². The van der Waals surface area contributed by atoms with Gasteiger partial charge in [0, 0.05) is 19.3 Å². The van der Waals surface area contributed by atoms with Crippen molar-refractivity contribution in [2.24, 2.45) is 5.92 Å². The number of nitrogens with two attached hydrogens (primary N) is 1. The van der Waals surface area contributed by atoms with Crippen LogP contribution in [-0.2, 0) is 4.74 Å². The lowest BCUT2D eigenvalue weighted by Crippen LogP contribution is -2.24. The molecule has 0 amide bonds. The summed E-state index contributed by atoms with van der Waals surface area (Å²) < 4.78 is 20.8. The standard InChI is InChI=1S/C14H18FN3O/c1-9(10-4-6-19-7-5-10)18-13-8-11(15)2-3-12(13)17-14(18)16/h2-3,8-10H,4-7H2,1H3,(H2,16,17). The van der Waals surface area contributed by atoms with Crippen LogP contribution in [0.2, 0.25) is 0 Å². The Kier molecular flexibility index (Phi) is 3.14. The van der Waals surface area contributed by atoms with Gasteiger partial charge >= 0.3 is 0 Å².